The third-order valence-corrected chi connectivity index (χ3v) is 4.78. The second kappa shape index (κ2) is 8.56. The van der Waals surface area contributed by atoms with Crippen molar-refractivity contribution in [1.82, 2.24) is 20.4 Å². The first-order valence-corrected chi connectivity index (χ1v) is 9.38. The lowest BCUT2D eigenvalue weighted by Gasteiger charge is -2.30. The van der Waals surface area contributed by atoms with Crippen molar-refractivity contribution in [2.45, 2.75) is 39.2 Å². The number of benzene rings is 1. The third kappa shape index (κ3) is 4.77. The highest BCUT2D eigenvalue weighted by molar-refractivity contribution is 5.96. The topological polar surface area (TPSA) is 71.3 Å². The number of ketones is 1. The first kappa shape index (κ1) is 18.7. The predicted molar refractivity (Wildman–Crippen MR) is 100 cm³/mol. The van der Waals surface area contributed by atoms with E-state index in [1.54, 1.807) is 0 Å². The minimum absolute atomic E-state index is 0.109. The molecular formula is C20H28N4O2. The van der Waals surface area contributed by atoms with Crippen LogP contribution in [0.3, 0.4) is 0 Å². The number of likely N-dealkylation sites (N-methyl/N-ethyl adjacent to an activating group) is 1. The predicted octanol–water partition coefficient (Wildman–Crippen LogP) is 2.66. The molecule has 26 heavy (non-hydrogen) atoms. The Balaban J connectivity index is 1.54. The van der Waals surface area contributed by atoms with Crippen molar-refractivity contribution >= 4 is 5.78 Å². The standard InChI is InChI=1S/C20H28N4O2/c1-14(2)12-15-4-6-16(7-5-15)18(25)8-9-19-22-20(23-26-19)17-13-21-10-11-24(17)3/h4-7,14,17,21H,8-13H2,1-3H3. The molecule has 1 aliphatic heterocycles. The Labute approximate surface area is 155 Å². The van der Waals surface area contributed by atoms with Gasteiger partial charge in [0.15, 0.2) is 11.6 Å². The SMILES string of the molecule is CC(C)Cc1ccc(C(=O)CCc2nc(C3CNCCN3C)no2)cc1. The Hall–Kier alpha value is -2.05. The van der Waals surface area contributed by atoms with Crippen LogP contribution in [0.2, 0.25) is 0 Å². The third-order valence-electron chi connectivity index (χ3n) is 4.78. The molecule has 1 aromatic carbocycles. The maximum atomic E-state index is 12.4. The lowest BCUT2D eigenvalue weighted by atomic mass is 9.99. The van der Waals surface area contributed by atoms with Gasteiger partial charge in [-0.3, -0.25) is 9.69 Å². The molecule has 0 bridgehead atoms. The molecule has 1 aliphatic rings. The molecule has 0 aliphatic carbocycles. The van der Waals surface area contributed by atoms with Gasteiger partial charge in [0, 0.05) is 38.0 Å². The van der Waals surface area contributed by atoms with Crippen LogP contribution < -0.4 is 5.32 Å². The maximum absolute atomic E-state index is 12.4. The molecular weight excluding hydrogens is 328 g/mol. The summed E-state index contributed by atoms with van der Waals surface area (Å²) in [6.07, 6.45) is 1.89. The van der Waals surface area contributed by atoms with Crippen LogP contribution >= 0.6 is 0 Å². The Bertz CT molecular complexity index is 724. The summed E-state index contributed by atoms with van der Waals surface area (Å²) >= 11 is 0. The molecule has 1 saturated heterocycles. The van der Waals surface area contributed by atoms with Crippen molar-refractivity contribution in [2.75, 3.05) is 26.7 Å². The van der Waals surface area contributed by atoms with Gasteiger partial charge in [0.25, 0.3) is 0 Å². The van der Waals surface area contributed by atoms with Gasteiger partial charge >= 0.3 is 0 Å². The zero-order valence-electron chi connectivity index (χ0n) is 15.9. The number of aromatic nitrogens is 2. The van der Waals surface area contributed by atoms with Gasteiger partial charge in [-0.05, 0) is 24.9 Å². The van der Waals surface area contributed by atoms with Gasteiger partial charge < -0.3 is 9.84 Å². The second-order valence-corrected chi connectivity index (χ2v) is 7.46. The maximum Gasteiger partial charge on any atom is 0.227 e. The van der Waals surface area contributed by atoms with Gasteiger partial charge in [-0.2, -0.15) is 4.98 Å². The number of nitrogens with zero attached hydrogens (tertiary/aromatic N) is 3. The van der Waals surface area contributed by atoms with Crippen molar-refractivity contribution in [1.29, 1.82) is 0 Å². The van der Waals surface area contributed by atoms with Crippen molar-refractivity contribution in [3.8, 4) is 0 Å². The molecule has 1 atom stereocenters. The molecule has 6 nitrogen and oxygen atoms in total. The molecule has 0 radical (unpaired) electrons. The highest BCUT2D eigenvalue weighted by atomic mass is 16.5. The number of hydrogen-bond acceptors (Lipinski definition) is 6. The summed E-state index contributed by atoms with van der Waals surface area (Å²) in [6.45, 7) is 7.14. The number of piperazine rings is 1. The van der Waals surface area contributed by atoms with Crippen molar-refractivity contribution < 1.29 is 9.32 Å². The van der Waals surface area contributed by atoms with E-state index >= 15 is 0 Å². The van der Waals surface area contributed by atoms with E-state index in [4.69, 9.17) is 4.52 Å². The summed E-state index contributed by atoms with van der Waals surface area (Å²) in [6, 6.07) is 8.06. The van der Waals surface area contributed by atoms with Crippen LogP contribution in [-0.2, 0) is 12.8 Å². The summed E-state index contributed by atoms with van der Waals surface area (Å²) in [5.74, 6) is 1.95. The smallest absolute Gasteiger partial charge is 0.227 e. The van der Waals surface area contributed by atoms with Crippen LogP contribution in [0.4, 0.5) is 0 Å². The van der Waals surface area contributed by atoms with E-state index < -0.39 is 0 Å². The average Bonchev–Trinajstić information content (AvgIpc) is 3.09. The van der Waals surface area contributed by atoms with Gasteiger partial charge in [0.05, 0.1) is 6.04 Å². The van der Waals surface area contributed by atoms with Crippen LogP contribution in [0.15, 0.2) is 28.8 Å². The van der Waals surface area contributed by atoms with Gasteiger partial charge in [-0.15, -0.1) is 0 Å². The largest absolute Gasteiger partial charge is 0.339 e. The van der Waals surface area contributed by atoms with Gasteiger partial charge in [-0.25, -0.2) is 0 Å². The number of carbonyl (C=O) groups excluding carboxylic acids is 1. The summed E-state index contributed by atoms with van der Waals surface area (Å²) in [7, 11) is 2.06. The molecule has 3 rings (SSSR count). The van der Waals surface area contributed by atoms with Crippen molar-refractivity contribution in [3.63, 3.8) is 0 Å². The number of hydrogen-bond donors (Lipinski definition) is 1. The molecule has 0 amide bonds. The number of nitrogens with one attached hydrogen (secondary N) is 1. The minimum Gasteiger partial charge on any atom is -0.339 e. The summed E-state index contributed by atoms with van der Waals surface area (Å²) in [4.78, 5) is 19.1. The van der Waals surface area contributed by atoms with Gasteiger partial charge in [0.1, 0.15) is 0 Å². The first-order chi connectivity index (χ1) is 12.5. The van der Waals surface area contributed by atoms with E-state index in [1.165, 1.54) is 5.56 Å². The van der Waals surface area contributed by atoms with Crippen LogP contribution in [0.1, 0.15) is 53.9 Å². The monoisotopic (exact) mass is 356 g/mol. The fourth-order valence-electron chi connectivity index (χ4n) is 3.26. The molecule has 1 aromatic heterocycles. The second-order valence-electron chi connectivity index (χ2n) is 7.46. The number of carbonyl (C=O) groups is 1. The number of Topliss-reactive ketones (excluding diaryl/α,β-unsaturated/α-hetero) is 1. The average molecular weight is 356 g/mol. The zero-order chi connectivity index (χ0) is 18.5. The van der Waals surface area contributed by atoms with Crippen LogP contribution in [-0.4, -0.2) is 47.5 Å². The van der Waals surface area contributed by atoms with Crippen LogP contribution in [0.25, 0.3) is 0 Å². The summed E-state index contributed by atoms with van der Waals surface area (Å²) < 4.78 is 5.35. The molecule has 2 aromatic rings. The number of rotatable bonds is 7. The fourth-order valence-corrected chi connectivity index (χ4v) is 3.26. The van der Waals surface area contributed by atoms with Crippen LogP contribution in [0, 0.1) is 5.92 Å². The van der Waals surface area contributed by atoms with Crippen molar-refractivity contribution in [3.05, 3.63) is 47.1 Å². The lowest BCUT2D eigenvalue weighted by Crippen LogP contribution is -2.44. The highest BCUT2D eigenvalue weighted by Gasteiger charge is 2.25. The van der Waals surface area contributed by atoms with E-state index in [0.29, 0.717) is 30.5 Å². The Morgan fingerprint density at radius 3 is 2.81 bits per heavy atom. The quantitative estimate of drug-likeness (QED) is 0.769. The number of aryl methyl sites for hydroxylation is 1. The summed E-state index contributed by atoms with van der Waals surface area (Å²) in [5, 5.41) is 7.44. The summed E-state index contributed by atoms with van der Waals surface area (Å²) in [5.41, 5.74) is 2.01. The molecule has 2 heterocycles. The molecule has 6 heteroatoms. The van der Waals surface area contributed by atoms with E-state index in [9.17, 15) is 4.79 Å². The highest BCUT2D eigenvalue weighted by Crippen LogP contribution is 2.18. The Morgan fingerprint density at radius 1 is 1.35 bits per heavy atom. The molecule has 1 unspecified atom stereocenters. The normalized spacial score (nSPS) is 18.4. The molecule has 0 spiro atoms. The van der Waals surface area contributed by atoms with Gasteiger partial charge in [-0.1, -0.05) is 43.3 Å². The van der Waals surface area contributed by atoms with E-state index in [0.717, 1.165) is 31.6 Å². The molecule has 140 valence electrons. The van der Waals surface area contributed by atoms with E-state index in [-0.39, 0.29) is 11.8 Å². The van der Waals surface area contributed by atoms with Crippen LogP contribution in [0.5, 0.6) is 0 Å². The van der Waals surface area contributed by atoms with Gasteiger partial charge in [0.2, 0.25) is 5.89 Å². The zero-order valence-corrected chi connectivity index (χ0v) is 15.9. The first-order valence-electron chi connectivity index (χ1n) is 9.38. The Morgan fingerprint density at radius 2 is 2.12 bits per heavy atom. The van der Waals surface area contributed by atoms with E-state index in [2.05, 4.69) is 41.3 Å². The van der Waals surface area contributed by atoms with Crippen molar-refractivity contribution in [2.24, 2.45) is 5.92 Å². The fraction of sp³-hybridized carbons (Fsp3) is 0.550. The molecule has 1 N–H and O–H groups in total. The minimum atomic E-state index is 0.109. The molecule has 0 saturated carbocycles. The molecule has 1 fully saturated rings. The van der Waals surface area contributed by atoms with E-state index in [1.807, 2.05) is 24.3 Å². The Kier molecular flexibility index (Phi) is 6.16. The lowest BCUT2D eigenvalue weighted by molar-refractivity contribution is 0.0979.